The molecule has 0 atom stereocenters. The SMILES string of the molecule is CCNCCCNC(=O)CCc1ccc(OC)cc1. The van der Waals surface area contributed by atoms with Crippen LogP contribution in [0.3, 0.4) is 0 Å². The van der Waals surface area contributed by atoms with Crippen LogP contribution in [0.25, 0.3) is 0 Å². The summed E-state index contributed by atoms with van der Waals surface area (Å²) in [4.78, 5) is 11.6. The quantitative estimate of drug-likeness (QED) is 0.668. The van der Waals surface area contributed by atoms with Crippen molar-refractivity contribution in [2.75, 3.05) is 26.7 Å². The van der Waals surface area contributed by atoms with Crippen molar-refractivity contribution in [3.63, 3.8) is 0 Å². The van der Waals surface area contributed by atoms with E-state index in [4.69, 9.17) is 4.74 Å². The van der Waals surface area contributed by atoms with E-state index in [0.717, 1.165) is 43.8 Å². The maximum Gasteiger partial charge on any atom is 0.220 e. The van der Waals surface area contributed by atoms with Gasteiger partial charge in [-0.3, -0.25) is 4.79 Å². The number of ether oxygens (including phenoxy) is 1. The minimum absolute atomic E-state index is 0.118. The molecule has 0 spiro atoms. The molecule has 0 aliphatic carbocycles. The fraction of sp³-hybridized carbons (Fsp3) is 0.533. The van der Waals surface area contributed by atoms with Crippen molar-refractivity contribution in [1.29, 1.82) is 0 Å². The summed E-state index contributed by atoms with van der Waals surface area (Å²) in [5, 5.41) is 6.16. The predicted molar refractivity (Wildman–Crippen MR) is 77.5 cm³/mol. The second-order valence-electron chi connectivity index (χ2n) is 4.41. The second-order valence-corrected chi connectivity index (χ2v) is 4.41. The van der Waals surface area contributed by atoms with Crippen molar-refractivity contribution in [2.24, 2.45) is 0 Å². The summed E-state index contributed by atoms with van der Waals surface area (Å²) in [5.41, 5.74) is 1.16. The highest BCUT2D eigenvalue weighted by atomic mass is 16.5. The lowest BCUT2D eigenvalue weighted by Gasteiger charge is -2.06. The molecule has 1 amide bonds. The fourth-order valence-electron chi connectivity index (χ4n) is 1.76. The molecular weight excluding hydrogens is 240 g/mol. The molecule has 0 saturated heterocycles. The van der Waals surface area contributed by atoms with E-state index >= 15 is 0 Å². The smallest absolute Gasteiger partial charge is 0.220 e. The summed E-state index contributed by atoms with van der Waals surface area (Å²) < 4.78 is 5.09. The van der Waals surface area contributed by atoms with Crippen molar-refractivity contribution >= 4 is 5.91 Å². The maximum atomic E-state index is 11.6. The standard InChI is InChI=1S/C15H24N2O2/c1-3-16-11-4-12-17-15(18)10-7-13-5-8-14(19-2)9-6-13/h5-6,8-9,16H,3-4,7,10-12H2,1-2H3,(H,17,18). The number of methoxy groups -OCH3 is 1. The number of amides is 1. The highest BCUT2D eigenvalue weighted by Crippen LogP contribution is 2.12. The lowest BCUT2D eigenvalue weighted by Crippen LogP contribution is -2.27. The van der Waals surface area contributed by atoms with Crippen LogP contribution in [0.5, 0.6) is 5.75 Å². The molecule has 0 radical (unpaired) electrons. The number of rotatable bonds is 9. The van der Waals surface area contributed by atoms with Crippen LogP contribution < -0.4 is 15.4 Å². The first-order valence-corrected chi connectivity index (χ1v) is 6.86. The molecule has 1 rings (SSSR count). The summed E-state index contributed by atoms with van der Waals surface area (Å²) in [6.07, 6.45) is 2.28. The third-order valence-electron chi connectivity index (χ3n) is 2.90. The average molecular weight is 264 g/mol. The largest absolute Gasteiger partial charge is 0.497 e. The number of hydrogen-bond acceptors (Lipinski definition) is 3. The molecule has 0 heterocycles. The van der Waals surface area contributed by atoms with Gasteiger partial charge >= 0.3 is 0 Å². The zero-order valence-corrected chi connectivity index (χ0v) is 11.9. The maximum absolute atomic E-state index is 11.6. The summed E-state index contributed by atoms with van der Waals surface area (Å²) in [6.45, 7) is 4.75. The van der Waals surface area contributed by atoms with Crippen molar-refractivity contribution in [3.8, 4) is 5.75 Å². The Bertz CT molecular complexity index is 363. The van der Waals surface area contributed by atoms with Crippen molar-refractivity contribution in [1.82, 2.24) is 10.6 Å². The molecular formula is C15H24N2O2. The minimum atomic E-state index is 0.118. The molecule has 106 valence electrons. The van der Waals surface area contributed by atoms with Gasteiger partial charge in [0, 0.05) is 13.0 Å². The molecule has 0 saturated carbocycles. The van der Waals surface area contributed by atoms with Crippen LogP contribution in [0.15, 0.2) is 24.3 Å². The van der Waals surface area contributed by atoms with Gasteiger partial charge in [0.2, 0.25) is 5.91 Å². The summed E-state index contributed by atoms with van der Waals surface area (Å²) in [7, 11) is 1.65. The Labute approximate surface area is 115 Å². The van der Waals surface area contributed by atoms with Crippen LogP contribution in [-0.4, -0.2) is 32.7 Å². The second kappa shape index (κ2) is 9.39. The van der Waals surface area contributed by atoms with Crippen LogP contribution in [0.1, 0.15) is 25.3 Å². The molecule has 4 heteroatoms. The minimum Gasteiger partial charge on any atom is -0.497 e. The van der Waals surface area contributed by atoms with Gasteiger partial charge < -0.3 is 15.4 Å². The zero-order valence-electron chi connectivity index (χ0n) is 11.9. The van der Waals surface area contributed by atoms with E-state index in [1.807, 2.05) is 24.3 Å². The Morgan fingerprint density at radius 3 is 2.58 bits per heavy atom. The molecule has 0 bridgehead atoms. The van der Waals surface area contributed by atoms with Gasteiger partial charge in [0.05, 0.1) is 7.11 Å². The fourth-order valence-corrected chi connectivity index (χ4v) is 1.76. The number of benzene rings is 1. The Morgan fingerprint density at radius 1 is 1.21 bits per heavy atom. The Morgan fingerprint density at radius 2 is 1.95 bits per heavy atom. The molecule has 0 aromatic heterocycles. The third kappa shape index (κ3) is 6.82. The molecule has 0 fully saturated rings. The Balaban J connectivity index is 2.15. The van der Waals surface area contributed by atoms with Gasteiger partial charge in [0.1, 0.15) is 5.75 Å². The van der Waals surface area contributed by atoms with Crippen molar-refractivity contribution < 1.29 is 9.53 Å². The third-order valence-corrected chi connectivity index (χ3v) is 2.90. The Kier molecular flexibility index (Phi) is 7.66. The van der Waals surface area contributed by atoms with E-state index in [1.54, 1.807) is 7.11 Å². The molecule has 2 N–H and O–H groups in total. The van der Waals surface area contributed by atoms with E-state index in [2.05, 4.69) is 17.6 Å². The molecule has 1 aromatic carbocycles. The van der Waals surface area contributed by atoms with Crippen LogP contribution >= 0.6 is 0 Å². The van der Waals surface area contributed by atoms with Gasteiger partial charge in [-0.05, 0) is 43.6 Å². The first-order valence-electron chi connectivity index (χ1n) is 6.86. The zero-order chi connectivity index (χ0) is 13.9. The summed E-state index contributed by atoms with van der Waals surface area (Å²) in [6, 6.07) is 7.84. The van der Waals surface area contributed by atoms with Crippen LogP contribution in [0.4, 0.5) is 0 Å². The molecule has 0 aliphatic heterocycles. The summed E-state index contributed by atoms with van der Waals surface area (Å²) in [5.74, 6) is 0.962. The van der Waals surface area contributed by atoms with E-state index in [0.29, 0.717) is 6.42 Å². The van der Waals surface area contributed by atoms with Crippen LogP contribution in [0.2, 0.25) is 0 Å². The van der Waals surface area contributed by atoms with Gasteiger partial charge in [-0.2, -0.15) is 0 Å². The van der Waals surface area contributed by atoms with E-state index in [1.165, 1.54) is 0 Å². The van der Waals surface area contributed by atoms with E-state index < -0.39 is 0 Å². The van der Waals surface area contributed by atoms with Gasteiger partial charge in [0.25, 0.3) is 0 Å². The molecule has 4 nitrogen and oxygen atoms in total. The van der Waals surface area contributed by atoms with Gasteiger partial charge in [0.15, 0.2) is 0 Å². The van der Waals surface area contributed by atoms with Gasteiger partial charge in [-0.15, -0.1) is 0 Å². The van der Waals surface area contributed by atoms with E-state index in [-0.39, 0.29) is 5.91 Å². The first-order chi connectivity index (χ1) is 9.26. The molecule has 1 aromatic rings. The van der Waals surface area contributed by atoms with Gasteiger partial charge in [-0.1, -0.05) is 19.1 Å². The number of carbonyl (C=O) groups is 1. The molecule has 0 aliphatic rings. The Hall–Kier alpha value is -1.55. The molecule has 0 unspecified atom stereocenters. The summed E-state index contributed by atoms with van der Waals surface area (Å²) >= 11 is 0. The van der Waals surface area contributed by atoms with E-state index in [9.17, 15) is 4.79 Å². The van der Waals surface area contributed by atoms with Crippen LogP contribution in [-0.2, 0) is 11.2 Å². The average Bonchev–Trinajstić information content (AvgIpc) is 2.45. The lowest BCUT2D eigenvalue weighted by molar-refractivity contribution is -0.121. The lowest BCUT2D eigenvalue weighted by atomic mass is 10.1. The van der Waals surface area contributed by atoms with Crippen molar-refractivity contribution in [3.05, 3.63) is 29.8 Å². The predicted octanol–water partition coefficient (Wildman–Crippen LogP) is 1.74. The van der Waals surface area contributed by atoms with Crippen molar-refractivity contribution in [2.45, 2.75) is 26.2 Å². The number of hydrogen-bond donors (Lipinski definition) is 2. The van der Waals surface area contributed by atoms with Crippen LogP contribution in [0, 0.1) is 0 Å². The number of nitrogens with one attached hydrogen (secondary N) is 2. The van der Waals surface area contributed by atoms with Gasteiger partial charge in [-0.25, -0.2) is 0 Å². The number of aryl methyl sites for hydroxylation is 1. The topological polar surface area (TPSA) is 50.4 Å². The molecule has 19 heavy (non-hydrogen) atoms. The first kappa shape index (κ1) is 15.5. The normalized spacial score (nSPS) is 10.2. The monoisotopic (exact) mass is 264 g/mol. The highest BCUT2D eigenvalue weighted by Gasteiger charge is 2.02. The highest BCUT2D eigenvalue weighted by molar-refractivity contribution is 5.76. The number of carbonyl (C=O) groups excluding carboxylic acids is 1.